The molecule has 0 aliphatic carbocycles. The van der Waals surface area contributed by atoms with Crippen LogP contribution in [0.15, 0.2) is 48.5 Å². The van der Waals surface area contributed by atoms with E-state index in [0.29, 0.717) is 6.42 Å². The second kappa shape index (κ2) is 4.83. The Morgan fingerprint density at radius 1 is 0.875 bits per heavy atom. The number of rotatable bonds is 2. The minimum Gasteiger partial charge on any atom is -0.198 e. The fourth-order valence-corrected chi connectivity index (χ4v) is 1.67. The maximum absolute atomic E-state index is 8.57. The highest BCUT2D eigenvalue weighted by Gasteiger charge is 1.97. The number of hydrogen-bond acceptors (Lipinski definition) is 1. The molecule has 0 bridgehead atoms. The highest BCUT2D eigenvalue weighted by molar-refractivity contribution is 6.30. The molecule has 2 aromatic rings. The maximum atomic E-state index is 8.57. The molecule has 2 heteroatoms. The molecular formula is C14H10ClN. The van der Waals surface area contributed by atoms with Crippen LogP contribution in [0.5, 0.6) is 0 Å². The molecular weight excluding hydrogens is 218 g/mol. The van der Waals surface area contributed by atoms with Crippen molar-refractivity contribution in [2.24, 2.45) is 0 Å². The highest BCUT2D eigenvalue weighted by atomic mass is 35.5. The molecule has 0 aromatic heterocycles. The summed E-state index contributed by atoms with van der Waals surface area (Å²) in [4.78, 5) is 0. The lowest BCUT2D eigenvalue weighted by molar-refractivity contribution is 1.26. The van der Waals surface area contributed by atoms with Crippen molar-refractivity contribution < 1.29 is 0 Å². The summed E-state index contributed by atoms with van der Waals surface area (Å²) in [6.45, 7) is 0. The van der Waals surface area contributed by atoms with Crippen LogP contribution in [0.3, 0.4) is 0 Å². The molecule has 16 heavy (non-hydrogen) atoms. The van der Waals surface area contributed by atoms with Gasteiger partial charge in [-0.1, -0.05) is 48.0 Å². The summed E-state index contributed by atoms with van der Waals surface area (Å²) < 4.78 is 0. The predicted molar refractivity (Wildman–Crippen MR) is 66.2 cm³/mol. The first-order valence-electron chi connectivity index (χ1n) is 5.01. The number of nitrogens with zero attached hydrogens (tertiary/aromatic N) is 1. The monoisotopic (exact) mass is 227 g/mol. The van der Waals surface area contributed by atoms with E-state index in [1.807, 2.05) is 48.5 Å². The normalized spacial score (nSPS) is 9.75. The zero-order valence-electron chi connectivity index (χ0n) is 8.65. The van der Waals surface area contributed by atoms with E-state index >= 15 is 0 Å². The zero-order chi connectivity index (χ0) is 11.4. The first-order valence-corrected chi connectivity index (χ1v) is 5.39. The van der Waals surface area contributed by atoms with Gasteiger partial charge in [-0.3, -0.25) is 0 Å². The van der Waals surface area contributed by atoms with Gasteiger partial charge in [0.05, 0.1) is 12.5 Å². The van der Waals surface area contributed by atoms with Crippen LogP contribution in [-0.2, 0) is 6.42 Å². The molecule has 78 valence electrons. The van der Waals surface area contributed by atoms with Crippen LogP contribution >= 0.6 is 11.6 Å². The summed E-state index contributed by atoms with van der Waals surface area (Å²) in [7, 11) is 0. The van der Waals surface area contributed by atoms with E-state index in [0.717, 1.165) is 21.7 Å². The summed E-state index contributed by atoms with van der Waals surface area (Å²) in [6, 6.07) is 17.9. The van der Waals surface area contributed by atoms with Gasteiger partial charge in [0, 0.05) is 5.02 Å². The van der Waals surface area contributed by atoms with E-state index in [1.165, 1.54) is 0 Å². The van der Waals surface area contributed by atoms with Crippen LogP contribution in [0, 0.1) is 11.3 Å². The van der Waals surface area contributed by atoms with E-state index in [4.69, 9.17) is 16.9 Å². The van der Waals surface area contributed by atoms with Crippen molar-refractivity contribution >= 4 is 11.6 Å². The summed E-state index contributed by atoms with van der Waals surface area (Å²) in [5.41, 5.74) is 3.31. The molecule has 0 amide bonds. The van der Waals surface area contributed by atoms with Gasteiger partial charge in [-0.25, -0.2) is 0 Å². The van der Waals surface area contributed by atoms with Crippen molar-refractivity contribution in [3.05, 3.63) is 59.1 Å². The van der Waals surface area contributed by atoms with Gasteiger partial charge in [0.15, 0.2) is 0 Å². The molecule has 0 radical (unpaired) electrons. The van der Waals surface area contributed by atoms with Crippen molar-refractivity contribution in [2.75, 3.05) is 0 Å². The van der Waals surface area contributed by atoms with Crippen LogP contribution < -0.4 is 0 Å². The Labute approximate surface area is 99.9 Å². The van der Waals surface area contributed by atoms with Crippen molar-refractivity contribution in [1.29, 1.82) is 5.26 Å². The standard InChI is InChI=1S/C14H10ClN/c15-14-7-5-13(6-8-14)12-3-1-11(2-4-12)9-10-16/h1-8H,9H2. The third kappa shape index (κ3) is 2.42. The number of nitriles is 1. The lowest BCUT2D eigenvalue weighted by Gasteiger charge is -2.02. The highest BCUT2D eigenvalue weighted by Crippen LogP contribution is 2.21. The molecule has 0 N–H and O–H groups in total. The van der Waals surface area contributed by atoms with E-state index in [-0.39, 0.29) is 0 Å². The van der Waals surface area contributed by atoms with Crippen molar-refractivity contribution in [3.8, 4) is 17.2 Å². The number of halogens is 1. The fourth-order valence-electron chi connectivity index (χ4n) is 1.55. The van der Waals surface area contributed by atoms with Crippen molar-refractivity contribution in [1.82, 2.24) is 0 Å². The molecule has 2 aromatic carbocycles. The number of hydrogen-bond donors (Lipinski definition) is 0. The van der Waals surface area contributed by atoms with Gasteiger partial charge in [0.25, 0.3) is 0 Å². The van der Waals surface area contributed by atoms with E-state index < -0.39 is 0 Å². The Kier molecular flexibility index (Phi) is 3.24. The van der Waals surface area contributed by atoms with Crippen molar-refractivity contribution in [3.63, 3.8) is 0 Å². The molecule has 0 saturated heterocycles. The van der Waals surface area contributed by atoms with E-state index in [2.05, 4.69) is 6.07 Å². The van der Waals surface area contributed by atoms with Gasteiger partial charge >= 0.3 is 0 Å². The Morgan fingerprint density at radius 2 is 1.38 bits per heavy atom. The molecule has 1 nitrogen and oxygen atoms in total. The SMILES string of the molecule is N#CCc1ccc(-c2ccc(Cl)cc2)cc1. The fraction of sp³-hybridized carbons (Fsp3) is 0.0714. The van der Waals surface area contributed by atoms with Gasteiger partial charge < -0.3 is 0 Å². The Bertz CT molecular complexity index is 506. The second-order valence-corrected chi connectivity index (χ2v) is 3.98. The summed E-state index contributed by atoms with van der Waals surface area (Å²) in [6.07, 6.45) is 0.459. The van der Waals surface area contributed by atoms with Gasteiger partial charge in [-0.05, 0) is 28.8 Å². The Morgan fingerprint density at radius 3 is 1.88 bits per heavy atom. The summed E-state index contributed by atoms with van der Waals surface area (Å²) in [5, 5.41) is 9.31. The maximum Gasteiger partial charge on any atom is 0.0669 e. The van der Waals surface area contributed by atoms with Crippen LogP contribution in [0.2, 0.25) is 5.02 Å². The molecule has 0 aliphatic rings. The molecule has 0 unspecified atom stereocenters. The third-order valence-electron chi connectivity index (χ3n) is 2.41. The minimum atomic E-state index is 0.459. The van der Waals surface area contributed by atoms with E-state index in [9.17, 15) is 0 Å². The molecule has 0 fully saturated rings. The molecule has 0 heterocycles. The minimum absolute atomic E-state index is 0.459. The van der Waals surface area contributed by atoms with Crippen molar-refractivity contribution in [2.45, 2.75) is 6.42 Å². The summed E-state index contributed by atoms with van der Waals surface area (Å²) in [5.74, 6) is 0. The average molecular weight is 228 g/mol. The zero-order valence-corrected chi connectivity index (χ0v) is 9.41. The first-order chi connectivity index (χ1) is 7.79. The summed E-state index contributed by atoms with van der Waals surface area (Å²) >= 11 is 5.83. The topological polar surface area (TPSA) is 23.8 Å². The van der Waals surface area contributed by atoms with Gasteiger partial charge in [0.1, 0.15) is 0 Å². The van der Waals surface area contributed by atoms with E-state index in [1.54, 1.807) is 0 Å². The van der Waals surface area contributed by atoms with Crippen LogP contribution in [0.4, 0.5) is 0 Å². The Hall–Kier alpha value is -1.78. The smallest absolute Gasteiger partial charge is 0.0669 e. The molecule has 0 spiro atoms. The molecule has 0 atom stereocenters. The largest absolute Gasteiger partial charge is 0.198 e. The van der Waals surface area contributed by atoms with Crippen LogP contribution in [-0.4, -0.2) is 0 Å². The van der Waals surface area contributed by atoms with Gasteiger partial charge in [0.2, 0.25) is 0 Å². The average Bonchev–Trinajstić information content (AvgIpc) is 2.32. The van der Waals surface area contributed by atoms with Gasteiger partial charge in [-0.15, -0.1) is 0 Å². The lowest BCUT2D eigenvalue weighted by atomic mass is 10.0. The predicted octanol–water partition coefficient (Wildman–Crippen LogP) is 4.07. The van der Waals surface area contributed by atoms with Gasteiger partial charge in [-0.2, -0.15) is 5.26 Å². The Balaban J connectivity index is 2.28. The molecule has 2 rings (SSSR count). The van der Waals surface area contributed by atoms with Crippen LogP contribution in [0.25, 0.3) is 11.1 Å². The third-order valence-corrected chi connectivity index (χ3v) is 2.67. The molecule has 0 aliphatic heterocycles. The second-order valence-electron chi connectivity index (χ2n) is 3.54. The first kappa shape index (κ1) is 10.7. The molecule has 0 saturated carbocycles. The van der Waals surface area contributed by atoms with Crippen LogP contribution in [0.1, 0.15) is 5.56 Å². The number of benzene rings is 2. The quantitative estimate of drug-likeness (QED) is 0.759. The lowest BCUT2D eigenvalue weighted by Crippen LogP contribution is -1.82.